The summed E-state index contributed by atoms with van der Waals surface area (Å²) < 4.78 is 0. The molecule has 120 valence electrons. The molecule has 6 nitrogen and oxygen atoms in total. The smallest absolute Gasteiger partial charge is 0.269 e. The summed E-state index contributed by atoms with van der Waals surface area (Å²) in [6.45, 7) is 2.64. The van der Waals surface area contributed by atoms with Crippen molar-refractivity contribution in [1.29, 1.82) is 0 Å². The molecule has 2 heterocycles. The molecule has 0 radical (unpaired) electrons. The second kappa shape index (κ2) is 6.24. The number of carbonyl (C=O) groups is 2. The highest BCUT2D eigenvalue weighted by molar-refractivity contribution is 5.96. The Balaban J connectivity index is 1.90. The van der Waals surface area contributed by atoms with Crippen LogP contribution in [0.25, 0.3) is 0 Å². The monoisotopic (exact) mass is 312 g/mol. The molecule has 3 rings (SSSR count). The number of H-pyrrole nitrogens is 1. The van der Waals surface area contributed by atoms with Crippen LogP contribution in [0.1, 0.15) is 57.4 Å². The van der Waals surface area contributed by atoms with Crippen LogP contribution in [-0.2, 0) is 0 Å². The largest absolute Gasteiger partial charge is 0.364 e. The minimum absolute atomic E-state index is 0.0167. The number of aromatic amines is 1. The number of nitrogens with two attached hydrogens (primary N) is 1. The fourth-order valence-electron chi connectivity index (χ4n) is 3.10. The molecule has 0 saturated carbocycles. The molecule has 2 amide bonds. The van der Waals surface area contributed by atoms with Gasteiger partial charge in [-0.2, -0.15) is 5.10 Å². The van der Waals surface area contributed by atoms with E-state index in [-0.39, 0.29) is 17.6 Å². The highest BCUT2D eigenvalue weighted by Crippen LogP contribution is 2.31. The number of nitrogens with zero attached hydrogens (tertiary/aromatic N) is 2. The number of aromatic nitrogens is 2. The topological polar surface area (TPSA) is 92.1 Å². The summed E-state index contributed by atoms with van der Waals surface area (Å²) in [5, 5.41) is 6.80. The molecule has 1 saturated heterocycles. The van der Waals surface area contributed by atoms with Gasteiger partial charge in [-0.3, -0.25) is 14.7 Å². The number of rotatable bonds is 3. The van der Waals surface area contributed by atoms with Gasteiger partial charge in [-0.1, -0.05) is 18.2 Å². The van der Waals surface area contributed by atoms with Gasteiger partial charge in [-0.25, -0.2) is 0 Å². The first-order chi connectivity index (χ1) is 11.1. The van der Waals surface area contributed by atoms with Crippen molar-refractivity contribution in [2.75, 3.05) is 6.54 Å². The Morgan fingerprint density at radius 2 is 2.09 bits per heavy atom. The molecular formula is C17H20N4O2. The fourth-order valence-corrected chi connectivity index (χ4v) is 3.10. The Hall–Kier alpha value is -2.63. The van der Waals surface area contributed by atoms with E-state index in [9.17, 15) is 9.59 Å². The van der Waals surface area contributed by atoms with Gasteiger partial charge in [0.2, 0.25) is 0 Å². The number of aryl methyl sites for hydroxylation is 1. The zero-order chi connectivity index (χ0) is 16.4. The predicted molar refractivity (Wildman–Crippen MR) is 85.9 cm³/mol. The first kappa shape index (κ1) is 15.3. The third kappa shape index (κ3) is 2.97. The van der Waals surface area contributed by atoms with Crippen molar-refractivity contribution in [2.24, 2.45) is 5.73 Å². The van der Waals surface area contributed by atoms with Gasteiger partial charge < -0.3 is 10.6 Å². The number of carbonyl (C=O) groups excluding carboxylic acids is 2. The SMILES string of the molecule is Cc1ccccc1C(=O)N1CCCCC1c1cc(C(N)=O)n[nH]1. The lowest BCUT2D eigenvalue weighted by Gasteiger charge is -2.35. The van der Waals surface area contributed by atoms with Crippen LogP contribution >= 0.6 is 0 Å². The lowest BCUT2D eigenvalue weighted by atomic mass is 9.97. The van der Waals surface area contributed by atoms with Gasteiger partial charge in [-0.05, 0) is 43.9 Å². The van der Waals surface area contributed by atoms with Crippen LogP contribution in [0.2, 0.25) is 0 Å². The summed E-state index contributed by atoms with van der Waals surface area (Å²) >= 11 is 0. The fraction of sp³-hybridized carbons (Fsp3) is 0.353. The lowest BCUT2D eigenvalue weighted by Crippen LogP contribution is -2.39. The summed E-state index contributed by atoms with van der Waals surface area (Å²) in [5.41, 5.74) is 7.91. The predicted octanol–water partition coefficient (Wildman–Crippen LogP) is 2.18. The molecule has 1 fully saturated rings. The molecule has 0 aliphatic carbocycles. The molecule has 1 aromatic heterocycles. The Morgan fingerprint density at radius 3 is 2.78 bits per heavy atom. The van der Waals surface area contributed by atoms with Crippen molar-refractivity contribution >= 4 is 11.8 Å². The van der Waals surface area contributed by atoms with Crippen molar-refractivity contribution < 1.29 is 9.59 Å². The summed E-state index contributed by atoms with van der Waals surface area (Å²) in [7, 11) is 0. The van der Waals surface area contributed by atoms with E-state index >= 15 is 0 Å². The van der Waals surface area contributed by atoms with E-state index < -0.39 is 5.91 Å². The number of amides is 2. The summed E-state index contributed by atoms with van der Waals surface area (Å²) in [6.07, 6.45) is 2.86. The summed E-state index contributed by atoms with van der Waals surface area (Å²) in [4.78, 5) is 26.0. The Morgan fingerprint density at radius 1 is 1.30 bits per heavy atom. The summed E-state index contributed by atoms with van der Waals surface area (Å²) in [6, 6.07) is 9.14. The normalized spacial score (nSPS) is 18.0. The molecule has 2 aromatic rings. The van der Waals surface area contributed by atoms with Gasteiger partial charge >= 0.3 is 0 Å². The van der Waals surface area contributed by atoms with E-state index in [2.05, 4.69) is 10.2 Å². The number of benzene rings is 1. The van der Waals surface area contributed by atoms with Gasteiger partial charge in [0.1, 0.15) is 5.69 Å². The average Bonchev–Trinajstić information content (AvgIpc) is 3.05. The standard InChI is InChI=1S/C17H20N4O2/c1-11-6-2-3-7-12(11)17(23)21-9-5-4-8-15(21)13-10-14(16(18)22)20-19-13/h2-3,6-7,10,15H,4-5,8-9H2,1H3,(H2,18,22)(H,19,20). The minimum atomic E-state index is -0.569. The minimum Gasteiger partial charge on any atom is -0.364 e. The van der Waals surface area contributed by atoms with Crippen molar-refractivity contribution in [1.82, 2.24) is 15.1 Å². The molecule has 0 bridgehead atoms. The third-order valence-electron chi connectivity index (χ3n) is 4.35. The van der Waals surface area contributed by atoms with E-state index in [1.807, 2.05) is 36.1 Å². The van der Waals surface area contributed by atoms with Gasteiger partial charge in [0.25, 0.3) is 11.8 Å². The van der Waals surface area contributed by atoms with E-state index in [1.54, 1.807) is 6.07 Å². The molecule has 1 unspecified atom stereocenters. The van der Waals surface area contributed by atoms with Crippen LogP contribution < -0.4 is 5.73 Å². The number of primary amides is 1. The molecular weight excluding hydrogens is 292 g/mol. The van der Waals surface area contributed by atoms with Crippen LogP contribution in [0, 0.1) is 6.92 Å². The van der Waals surface area contributed by atoms with E-state index in [1.165, 1.54) is 0 Å². The van der Waals surface area contributed by atoms with Crippen molar-refractivity contribution in [3.63, 3.8) is 0 Å². The van der Waals surface area contributed by atoms with Gasteiger partial charge in [-0.15, -0.1) is 0 Å². The van der Waals surface area contributed by atoms with Crippen molar-refractivity contribution in [2.45, 2.75) is 32.2 Å². The van der Waals surface area contributed by atoms with E-state index in [0.29, 0.717) is 12.1 Å². The maximum absolute atomic E-state index is 12.9. The van der Waals surface area contributed by atoms with Gasteiger partial charge in [0.15, 0.2) is 0 Å². The highest BCUT2D eigenvalue weighted by Gasteiger charge is 2.30. The molecule has 23 heavy (non-hydrogen) atoms. The van der Waals surface area contributed by atoms with Gasteiger partial charge in [0.05, 0.1) is 11.7 Å². The number of likely N-dealkylation sites (tertiary alicyclic amines) is 1. The quantitative estimate of drug-likeness (QED) is 0.910. The highest BCUT2D eigenvalue weighted by atomic mass is 16.2. The summed E-state index contributed by atoms with van der Waals surface area (Å²) in [5.74, 6) is -0.553. The van der Waals surface area contributed by atoms with E-state index in [0.717, 1.165) is 30.5 Å². The van der Waals surface area contributed by atoms with Crippen LogP contribution in [-0.4, -0.2) is 33.5 Å². The molecule has 1 atom stereocenters. The molecule has 0 spiro atoms. The average molecular weight is 312 g/mol. The Bertz CT molecular complexity index is 738. The lowest BCUT2D eigenvalue weighted by molar-refractivity contribution is 0.0605. The van der Waals surface area contributed by atoms with Crippen LogP contribution in [0.5, 0.6) is 0 Å². The van der Waals surface area contributed by atoms with Crippen LogP contribution in [0.3, 0.4) is 0 Å². The Kier molecular flexibility index (Phi) is 4.14. The number of hydrogen-bond acceptors (Lipinski definition) is 3. The number of hydrogen-bond donors (Lipinski definition) is 2. The number of piperidine rings is 1. The zero-order valence-electron chi connectivity index (χ0n) is 13.1. The molecule has 1 aliphatic heterocycles. The van der Waals surface area contributed by atoms with Crippen LogP contribution in [0.4, 0.5) is 0 Å². The maximum atomic E-state index is 12.9. The van der Waals surface area contributed by atoms with Crippen molar-refractivity contribution in [3.8, 4) is 0 Å². The second-order valence-corrected chi connectivity index (χ2v) is 5.90. The van der Waals surface area contributed by atoms with E-state index in [4.69, 9.17) is 5.73 Å². The zero-order valence-corrected chi connectivity index (χ0v) is 13.1. The van der Waals surface area contributed by atoms with Gasteiger partial charge in [0, 0.05) is 12.1 Å². The molecule has 1 aromatic carbocycles. The second-order valence-electron chi connectivity index (χ2n) is 5.90. The van der Waals surface area contributed by atoms with Crippen molar-refractivity contribution in [3.05, 3.63) is 52.8 Å². The molecule has 6 heteroatoms. The Labute approximate surface area is 134 Å². The third-order valence-corrected chi connectivity index (χ3v) is 4.35. The number of nitrogens with one attached hydrogen (secondary N) is 1. The first-order valence-corrected chi connectivity index (χ1v) is 7.79. The maximum Gasteiger partial charge on any atom is 0.269 e. The molecule has 1 aliphatic rings. The van der Waals surface area contributed by atoms with Crippen LogP contribution in [0.15, 0.2) is 30.3 Å². The molecule has 3 N–H and O–H groups in total. The first-order valence-electron chi connectivity index (χ1n) is 7.79.